The molecule has 0 unspecified atom stereocenters. The smallest absolute Gasteiger partial charge is 0.166 e. The molecular formula is C40H48F4. The minimum atomic E-state index is -0.865. The Hall–Kier alpha value is -2.88. The SMILES string of the molecule is CC=CCCC1CCC(C2CCC(c3ccc(-c4ccc(-c5ccc(CCCCC)c(F)c5F)cc4)c(F)c3F)CC2)CC1. The summed E-state index contributed by atoms with van der Waals surface area (Å²) in [5, 5.41) is 0. The highest BCUT2D eigenvalue weighted by Gasteiger charge is 2.32. The Labute approximate surface area is 262 Å². The first-order valence-electron chi connectivity index (χ1n) is 17.1. The van der Waals surface area contributed by atoms with Crippen LogP contribution in [0.2, 0.25) is 0 Å². The molecule has 2 aliphatic rings. The largest absolute Gasteiger partial charge is 0.203 e. The van der Waals surface area contributed by atoms with Crippen LogP contribution in [0.1, 0.15) is 114 Å². The van der Waals surface area contributed by atoms with Gasteiger partial charge in [-0.3, -0.25) is 0 Å². The van der Waals surface area contributed by atoms with Crippen LogP contribution in [0.3, 0.4) is 0 Å². The average Bonchev–Trinajstić information content (AvgIpc) is 3.05. The molecule has 0 saturated heterocycles. The summed E-state index contributed by atoms with van der Waals surface area (Å²) >= 11 is 0. The van der Waals surface area contributed by atoms with Crippen LogP contribution < -0.4 is 0 Å². The van der Waals surface area contributed by atoms with Gasteiger partial charge in [0.1, 0.15) is 0 Å². The molecule has 3 aromatic rings. The Morgan fingerprint density at radius 2 is 1.20 bits per heavy atom. The molecule has 0 aliphatic heterocycles. The molecule has 0 radical (unpaired) electrons. The average molecular weight is 605 g/mol. The summed E-state index contributed by atoms with van der Waals surface area (Å²) in [7, 11) is 0. The molecule has 2 saturated carbocycles. The van der Waals surface area contributed by atoms with E-state index in [2.05, 4.69) is 26.0 Å². The van der Waals surface area contributed by atoms with Gasteiger partial charge in [-0.2, -0.15) is 0 Å². The fourth-order valence-corrected chi connectivity index (χ4v) is 7.85. The molecule has 0 amide bonds. The summed E-state index contributed by atoms with van der Waals surface area (Å²) in [6.07, 6.45) is 19.6. The van der Waals surface area contributed by atoms with Crippen LogP contribution in [-0.2, 0) is 6.42 Å². The lowest BCUT2D eigenvalue weighted by Crippen LogP contribution is -2.25. The molecular weight excluding hydrogens is 556 g/mol. The fourth-order valence-electron chi connectivity index (χ4n) is 7.85. The first-order chi connectivity index (χ1) is 21.4. The van der Waals surface area contributed by atoms with Gasteiger partial charge in [0.2, 0.25) is 0 Å². The first kappa shape index (κ1) is 32.5. The Balaban J connectivity index is 1.20. The topological polar surface area (TPSA) is 0 Å². The van der Waals surface area contributed by atoms with Gasteiger partial charge in [0.15, 0.2) is 23.3 Å². The Bertz CT molecular complexity index is 1390. The minimum absolute atomic E-state index is 0.0529. The molecule has 0 nitrogen and oxygen atoms in total. The van der Waals surface area contributed by atoms with Crippen LogP contribution in [0.4, 0.5) is 17.6 Å². The molecule has 2 aliphatic carbocycles. The zero-order valence-electron chi connectivity index (χ0n) is 26.5. The summed E-state index contributed by atoms with van der Waals surface area (Å²) < 4.78 is 60.6. The van der Waals surface area contributed by atoms with Crippen LogP contribution in [0, 0.1) is 41.0 Å². The summed E-state index contributed by atoms with van der Waals surface area (Å²) in [5.74, 6) is -0.831. The van der Waals surface area contributed by atoms with Gasteiger partial charge in [0.25, 0.3) is 0 Å². The third kappa shape index (κ3) is 7.49. The third-order valence-electron chi connectivity index (χ3n) is 10.6. The molecule has 0 spiro atoms. The van der Waals surface area contributed by atoms with Crippen molar-refractivity contribution >= 4 is 0 Å². The zero-order valence-corrected chi connectivity index (χ0v) is 26.5. The maximum atomic E-state index is 15.5. The molecule has 0 atom stereocenters. The second-order valence-electron chi connectivity index (χ2n) is 13.3. The van der Waals surface area contributed by atoms with Crippen LogP contribution in [0.5, 0.6) is 0 Å². The third-order valence-corrected chi connectivity index (χ3v) is 10.6. The van der Waals surface area contributed by atoms with Gasteiger partial charge in [-0.05, 0) is 117 Å². The first-order valence-corrected chi connectivity index (χ1v) is 17.1. The van der Waals surface area contributed by atoms with Crippen LogP contribution >= 0.6 is 0 Å². The van der Waals surface area contributed by atoms with Gasteiger partial charge in [-0.1, -0.05) is 93.3 Å². The van der Waals surface area contributed by atoms with Crippen molar-refractivity contribution in [2.24, 2.45) is 17.8 Å². The highest BCUT2D eigenvalue weighted by Crippen LogP contribution is 2.45. The van der Waals surface area contributed by atoms with Gasteiger partial charge < -0.3 is 0 Å². The van der Waals surface area contributed by atoms with E-state index >= 15 is 8.78 Å². The molecule has 0 N–H and O–H groups in total. The number of allylic oxidation sites excluding steroid dienone is 2. The zero-order chi connectivity index (χ0) is 31.1. The van der Waals surface area contributed by atoms with E-state index in [1.165, 1.54) is 38.5 Å². The van der Waals surface area contributed by atoms with Gasteiger partial charge in [-0.25, -0.2) is 17.6 Å². The summed E-state index contributed by atoms with van der Waals surface area (Å²) in [4.78, 5) is 0. The number of aryl methyl sites for hydroxylation is 1. The molecule has 0 bridgehead atoms. The predicted molar refractivity (Wildman–Crippen MR) is 175 cm³/mol. The molecule has 0 aromatic heterocycles. The number of benzene rings is 3. The van der Waals surface area contributed by atoms with E-state index in [4.69, 9.17) is 0 Å². The Kier molecular flexibility index (Phi) is 11.4. The number of rotatable bonds is 11. The monoisotopic (exact) mass is 604 g/mol. The standard InChI is InChI=1S/C40H48F4/c1-3-5-7-9-27-11-13-28(14-12-27)29-15-17-30(18-16-29)35-25-26-36(40(44)39(35)43)32-21-19-31(20-22-32)34-24-23-33(10-8-6-4-2)37(41)38(34)42/h3,5,19-30H,4,6-18H2,1-2H3. The van der Waals surface area contributed by atoms with Gasteiger partial charge in [0.05, 0.1) is 0 Å². The molecule has 4 heteroatoms. The van der Waals surface area contributed by atoms with Gasteiger partial charge in [0, 0.05) is 11.1 Å². The van der Waals surface area contributed by atoms with E-state index in [0.717, 1.165) is 56.8 Å². The minimum Gasteiger partial charge on any atom is -0.203 e. The fraction of sp³-hybridized carbons (Fsp3) is 0.500. The van der Waals surface area contributed by atoms with E-state index in [1.54, 1.807) is 48.5 Å². The van der Waals surface area contributed by atoms with Crippen molar-refractivity contribution < 1.29 is 17.6 Å². The van der Waals surface area contributed by atoms with Crippen LogP contribution in [-0.4, -0.2) is 0 Å². The number of halogens is 4. The quantitative estimate of drug-likeness (QED) is 0.116. The van der Waals surface area contributed by atoms with Gasteiger partial charge in [-0.15, -0.1) is 0 Å². The van der Waals surface area contributed by atoms with Crippen LogP contribution in [0.25, 0.3) is 22.3 Å². The molecule has 3 aromatic carbocycles. The van der Waals surface area contributed by atoms with Crippen molar-refractivity contribution in [3.63, 3.8) is 0 Å². The van der Waals surface area contributed by atoms with E-state index in [9.17, 15) is 8.78 Å². The Morgan fingerprint density at radius 3 is 1.80 bits per heavy atom. The molecule has 0 heterocycles. The predicted octanol–water partition coefficient (Wildman–Crippen LogP) is 12.7. The number of hydrogen-bond donors (Lipinski definition) is 0. The van der Waals surface area contributed by atoms with E-state index in [0.29, 0.717) is 34.6 Å². The summed E-state index contributed by atoms with van der Waals surface area (Å²) in [5.41, 5.74) is 2.26. The lowest BCUT2D eigenvalue weighted by molar-refractivity contribution is 0.156. The van der Waals surface area contributed by atoms with Crippen molar-refractivity contribution in [1.29, 1.82) is 0 Å². The lowest BCUT2D eigenvalue weighted by Gasteiger charge is -2.38. The summed E-state index contributed by atoms with van der Waals surface area (Å²) in [6, 6.07) is 13.3. The van der Waals surface area contributed by atoms with Crippen molar-refractivity contribution in [2.75, 3.05) is 0 Å². The summed E-state index contributed by atoms with van der Waals surface area (Å²) in [6.45, 7) is 4.16. The maximum absolute atomic E-state index is 15.5. The molecule has 5 rings (SSSR count). The van der Waals surface area contributed by atoms with Crippen molar-refractivity contribution in [2.45, 2.75) is 110 Å². The van der Waals surface area contributed by atoms with E-state index in [-0.39, 0.29) is 17.0 Å². The Morgan fingerprint density at radius 1 is 0.636 bits per heavy atom. The highest BCUT2D eigenvalue weighted by atomic mass is 19.2. The molecule has 236 valence electrons. The van der Waals surface area contributed by atoms with Crippen molar-refractivity contribution in [3.8, 4) is 22.3 Å². The van der Waals surface area contributed by atoms with E-state index in [1.807, 2.05) is 0 Å². The van der Waals surface area contributed by atoms with Crippen molar-refractivity contribution in [3.05, 3.63) is 95.1 Å². The van der Waals surface area contributed by atoms with E-state index < -0.39 is 23.3 Å². The second-order valence-corrected chi connectivity index (χ2v) is 13.3. The van der Waals surface area contributed by atoms with Crippen LogP contribution in [0.15, 0.2) is 60.7 Å². The van der Waals surface area contributed by atoms with Gasteiger partial charge >= 0.3 is 0 Å². The number of unbranched alkanes of at least 4 members (excludes halogenated alkanes) is 2. The molecule has 44 heavy (non-hydrogen) atoms. The number of hydrogen-bond acceptors (Lipinski definition) is 0. The lowest BCUT2D eigenvalue weighted by atomic mass is 9.68. The highest BCUT2D eigenvalue weighted by molar-refractivity contribution is 5.71. The second kappa shape index (κ2) is 15.4. The normalized spacial score (nSPS) is 22.5. The maximum Gasteiger partial charge on any atom is 0.166 e. The van der Waals surface area contributed by atoms with Crippen molar-refractivity contribution in [1.82, 2.24) is 0 Å². The molecule has 2 fully saturated rings.